The SMILES string of the molecule is CC(C)(C)NS(=O)(=O)c1ccc(OC(F)(F)F)cc1OB(O)O. The quantitative estimate of drug-likeness (QED) is 0.680. The molecule has 0 aromatic heterocycles. The molecule has 0 unspecified atom stereocenters. The molecule has 7 nitrogen and oxygen atoms in total. The smallest absolute Gasteiger partial charge is 0.511 e. The second-order valence-electron chi connectivity index (χ2n) is 5.46. The number of nitrogens with one attached hydrogen (secondary N) is 1. The first-order valence-electron chi connectivity index (χ1n) is 6.16. The van der Waals surface area contributed by atoms with Crippen molar-refractivity contribution in [1.82, 2.24) is 4.72 Å². The van der Waals surface area contributed by atoms with Crippen LogP contribution in [0.1, 0.15) is 20.8 Å². The van der Waals surface area contributed by atoms with Crippen molar-refractivity contribution in [3.05, 3.63) is 18.2 Å². The summed E-state index contributed by atoms with van der Waals surface area (Å²) in [6.45, 7) is 4.65. The fourth-order valence-corrected chi connectivity index (χ4v) is 3.11. The molecule has 0 aliphatic carbocycles. The van der Waals surface area contributed by atoms with Crippen LogP contribution in [-0.2, 0) is 10.0 Å². The van der Waals surface area contributed by atoms with Crippen LogP contribution in [0.15, 0.2) is 23.1 Å². The Balaban J connectivity index is 3.31. The van der Waals surface area contributed by atoms with Gasteiger partial charge in [-0.05, 0) is 32.9 Å². The highest BCUT2D eigenvalue weighted by molar-refractivity contribution is 7.89. The first kappa shape index (κ1) is 19.6. The van der Waals surface area contributed by atoms with E-state index in [0.29, 0.717) is 6.07 Å². The lowest BCUT2D eigenvalue weighted by Gasteiger charge is -2.22. The van der Waals surface area contributed by atoms with E-state index < -0.39 is 45.6 Å². The second-order valence-corrected chi connectivity index (χ2v) is 7.11. The third-order valence-corrected chi connectivity index (χ3v) is 3.91. The zero-order chi connectivity index (χ0) is 18.1. The van der Waals surface area contributed by atoms with E-state index in [4.69, 9.17) is 10.0 Å². The number of ether oxygens (including phenoxy) is 1. The average molecular weight is 357 g/mol. The van der Waals surface area contributed by atoms with E-state index in [2.05, 4.69) is 14.1 Å². The number of hydrogen-bond donors (Lipinski definition) is 3. The van der Waals surface area contributed by atoms with Gasteiger partial charge in [0.15, 0.2) is 0 Å². The van der Waals surface area contributed by atoms with Crippen molar-refractivity contribution in [2.45, 2.75) is 37.6 Å². The summed E-state index contributed by atoms with van der Waals surface area (Å²) in [4.78, 5) is -0.574. The Labute approximate surface area is 131 Å². The topological polar surface area (TPSA) is 105 Å². The monoisotopic (exact) mass is 357 g/mol. The van der Waals surface area contributed by atoms with E-state index in [1.807, 2.05) is 0 Å². The Morgan fingerprint density at radius 3 is 2.17 bits per heavy atom. The number of hydrogen-bond acceptors (Lipinski definition) is 6. The molecule has 0 bridgehead atoms. The Morgan fingerprint density at radius 1 is 1.17 bits per heavy atom. The maximum atomic E-state index is 12.2. The van der Waals surface area contributed by atoms with E-state index in [-0.39, 0.29) is 0 Å². The van der Waals surface area contributed by atoms with Gasteiger partial charge < -0.3 is 19.4 Å². The first-order chi connectivity index (χ1) is 10.2. The molecule has 23 heavy (non-hydrogen) atoms. The zero-order valence-corrected chi connectivity index (χ0v) is 13.2. The molecule has 0 heterocycles. The standard InChI is InChI=1S/C11H15BF3NO6S/c1-10(2,3)16-23(19,20)9-5-4-7(21-11(13,14)15)6-8(9)22-12(17)18/h4-6,16-18H,1-3H3. The molecule has 12 heteroatoms. The predicted molar refractivity (Wildman–Crippen MR) is 74.0 cm³/mol. The summed E-state index contributed by atoms with van der Waals surface area (Å²) < 4.78 is 71.4. The molecule has 130 valence electrons. The van der Waals surface area contributed by atoms with Crippen LogP contribution >= 0.6 is 0 Å². The van der Waals surface area contributed by atoms with Crippen LogP contribution in [0.3, 0.4) is 0 Å². The van der Waals surface area contributed by atoms with Crippen LogP contribution in [0.4, 0.5) is 13.2 Å². The summed E-state index contributed by atoms with van der Waals surface area (Å²) >= 11 is 0. The van der Waals surface area contributed by atoms with Crippen molar-refractivity contribution in [3.8, 4) is 11.5 Å². The Bertz CT molecular complexity index is 657. The van der Waals surface area contributed by atoms with Gasteiger partial charge in [0.1, 0.15) is 16.4 Å². The van der Waals surface area contributed by atoms with E-state index in [1.54, 1.807) is 20.8 Å². The summed E-state index contributed by atoms with van der Waals surface area (Å²) in [6.07, 6.45) is -5.00. The van der Waals surface area contributed by atoms with Gasteiger partial charge >= 0.3 is 13.7 Å². The van der Waals surface area contributed by atoms with Gasteiger partial charge in [-0.25, -0.2) is 13.1 Å². The summed E-state index contributed by atoms with van der Waals surface area (Å²) in [6, 6.07) is 2.15. The zero-order valence-electron chi connectivity index (χ0n) is 12.4. The molecule has 0 aliphatic heterocycles. The molecule has 1 rings (SSSR count). The molecule has 3 N–H and O–H groups in total. The molecule has 0 fully saturated rings. The molecular weight excluding hydrogens is 342 g/mol. The second kappa shape index (κ2) is 6.55. The van der Waals surface area contributed by atoms with E-state index in [9.17, 15) is 21.6 Å². The van der Waals surface area contributed by atoms with Gasteiger partial charge in [0.2, 0.25) is 10.0 Å². The maximum absolute atomic E-state index is 12.2. The van der Waals surface area contributed by atoms with Gasteiger partial charge in [-0.3, -0.25) is 0 Å². The fraction of sp³-hybridized carbons (Fsp3) is 0.455. The largest absolute Gasteiger partial charge is 0.707 e. The molecule has 1 aromatic rings. The molecule has 0 spiro atoms. The molecule has 0 saturated carbocycles. The highest BCUT2D eigenvalue weighted by Gasteiger charge is 2.33. The lowest BCUT2D eigenvalue weighted by Crippen LogP contribution is -2.40. The van der Waals surface area contributed by atoms with Gasteiger partial charge in [-0.1, -0.05) is 0 Å². The third kappa shape index (κ3) is 6.65. The molecule has 0 atom stereocenters. The van der Waals surface area contributed by atoms with Crippen LogP contribution in [0.2, 0.25) is 0 Å². The molecule has 0 aliphatic rings. The van der Waals surface area contributed by atoms with Crippen molar-refractivity contribution >= 4 is 17.3 Å². The van der Waals surface area contributed by atoms with Crippen LogP contribution < -0.4 is 14.1 Å². The molecule has 0 radical (unpaired) electrons. The summed E-state index contributed by atoms with van der Waals surface area (Å²) in [5, 5.41) is 17.6. The third-order valence-electron chi connectivity index (χ3n) is 2.11. The maximum Gasteiger partial charge on any atom is 0.707 e. The first-order valence-corrected chi connectivity index (χ1v) is 7.64. The minimum atomic E-state index is -5.00. The van der Waals surface area contributed by atoms with Crippen molar-refractivity contribution < 1.29 is 41.0 Å². The Morgan fingerprint density at radius 2 is 1.74 bits per heavy atom. The number of halogens is 3. The normalized spacial score (nSPS) is 12.9. The minimum Gasteiger partial charge on any atom is -0.511 e. The summed E-state index contributed by atoms with van der Waals surface area (Å²) in [5.74, 6) is -1.48. The van der Waals surface area contributed by atoms with Gasteiger partial charge in [0, 0.05) is 11.6 Å². The fourth-order valence-electron chi connectivity index (χ4n) is 1.57. The molecule has 0 saturated heterocycles. The highest BCUT2D eigenvalue weighted by Crippen LogP contribution is 2.32. The summed E-state index contributed by atoms with van der Waals surface area (Å²) in [7, 11) is -6.62. The molecule has 1 aromatic carbocycles. The van der Waals surface area contributed by atoms with Gasteiger partial charge in [-0.15, -0.1) is 13.2 Å². The van der Waals surface area contributed by atoms with E-state index in [1.165, 1.54) is 0 Å². The summed E-state index contributed by atoms with van der Waals surface area (Å²) in [5.41, 5.74) is -0.880. The van der Waals surface area contributed by atoms with Gasteiger partial charge in [0.05, 0.1) is 0 Å². The number of sulfonamides is 1. The minimum absolute atomic E-state index is 0.574. The molecule has 0 amide bonds. The van der Waals surface area contributed by atoms with Crippen molar-refractivity contribution in [2.75, 3.05) is 0 Å². The van der Waals surface area contributed by atoms with Crippen molar-refractivity contribution in [1.29, 1.82) is 0 Å². The lowest BCUT2D eigenvalue weighted by atomic mass is 10.1. The molecular formula is C11H15BF3NO6S. The lowest BCUT2D eigenvalue weighted by molar-refractivity contribution is -0.274. The Kier molecular flexibility index (Phi) is 5.57. The van der Waals surface area contributed by atoms with Crippen LogP contribution in [-0.4, -0.2) is 37.7 Å². The highest BCUT2D eigenvalue weighted by atomic mass is 32.2. The van der Waals surface area contributed by atoms with Crippen molar-refractivity contribution in [2.24, 2.45) is 0 Å². The number of alkyl halides is 3. The van der Waals surface area contributed by atoms with Crippen LogP contribution in [0.5, 0.6) is 11.5 Å². The Hall–Kier alpha value is -1.50. The van der Waals surface area contributed by atoms with Crippen LogP contribution in [0.25, 0.3) is 0 Å². The van der Waals surface area contributed by atoms with E-state index in [0.717, 1.165) is 12.1 Å². The number of rotatable bonds is 5. The van der Waals surface area contributed by atoms with Crippen LogP contribution in [0, 0.1) is 0 Å². The number of benzene rings is 1. The van der Waals surface area contributed by atoms with Crippen molar-refractivity contribution in [3.63, 3.8) is 0 Å². The predicted octanol–water partition coefficient (Wildman–Crippen LogP) is 1.01. The average Bonchev–Trinajstić information content (AvgIpc) is 2.21. The van der Waals surface area contributed by atoms with Gasteiger partial charge in [-0.2, -0.15) is 0 Å². The van der Waals surface area contributed by atoms with Gasteiger partial charge in [0.25, 0.3) is 0 Å². The van der Waals surface area contributed by atoms with E-state index >= 15 is 0 Å².